The van der Waals surface area contributed by atoms with E-state index in [9.17, 15) is 9.59 Å². The van der Waals surface area contributed by atoms with Crippen molar-refractivity contribution in [3.8, 4) is 0 Å². The predicted octanol–water partition coefficient (Wildman–Crippen LogP) is 1.55. The van der Waals surface area contributed by atoms with E-state index in [0.29, 0.717) is 5.76 Å². The number of esters is 2. The van der Waals surface area contributed by atoms with Crippen LogP contribution in [-0.4, -0.2) is 11.9 Å². The lowest BCUT2D eigenvalue weighted by Gasteiger charge is -1.92. The van der Waals surface area contributed by atoms with Gasteiger partial charge in [-0.1, -0.05) is 6.58 Å². The molecule has 1 rings (SSSR count). The van der Waals surface area contributed by atoms with E-state index in [1.54, 1.807) is 12.1 Å². The van der Waals surface area contributed by atoms with Crippen molar-refractivity contribution < 1.29 is 18.7 Å². The van der Waals surface area contributed by atoms with Gasteiger partial charge in [0.05, 0.1) is 6.26 Å². The number of carbonyl (C=O) groups excluding carboxylic acids is 2. The standard InChI is InChI=1S/C10H8O4/c1-2-9(11)14-10(12)6-5-8-4-3-7-13-8/h2-7H,1H2. The average molecular weight is 192 g/mol. The molecule has 4 nitrogen and oxygen atoms in total. The molecule has 0 amide bonds. The summed E-state index contributed by atoms with van der Waals surface area (Å²) in [4.78, 5) is 21.5. The molecule has 0 aliphatic heterocycles. The van der Waals surface area contributed by atoms with Gasteiger partial charge < -0.3 is 9.15 Å². The third kappa shape index (κ3) is 3.10. The van der Waals surface area contributed by atoms with Crippen LogP contribution in [-0.2, 0) is 14.3 Å². The fraction of sp³-hybridized carbons (Fsp3) is 0. The van der Waals surface area contributed by atoms with Crippen molar-refractivity contribution in [2.45, 2.75) is 0 Å². The zero-order valence-corrected chi connectivity index (χ0v) is 7.30. The van der Waals surface area contributed by atoms with Crippen LogP contribution in [0.25, 0.3) is 6.08 Å². The van der Waals surface area contributed by atoms with Crippen LogP contribution < -0.4 is 0 Å². The molecular formula is C10H8O4. The van der Waals surface area contributed by atoms with Crippen molar-refractivity contribution in [1.29, 1.82) is 0 Å². The first-order valence-electron chi connectivity index (χ1n) is 3.82. The van der Waals surface area contributed by atoms with Gasteiger partial charge in [0.15, 0.2) is 0 Å². The van der Waals surface area contributed by atoms with Crippen molar-refractivity contribution in [3.63, 3.8) is 0 Å². The summed E-state index contributed by atoms with van der Waals surface area (Å²) in [6.45, 7) is 3.15. The Hall–Kier alpha value is -2.10. The summed E-state index contributed by atoms with van der Waals surface area (Å²) in [5.74, 6) is -1.03. The van der Waals surface area contributed by atoms with Gasteiger partial charge in [-0.25, -0.2) is 9.59 Å². The van der Waals surface area contributed by atoms with E-state index in [2.05, 4.69) is 11.3 Å². The molecule has 0 unspecified atom stereocenters. The summed E-state index contributed by atoms with van der Waals surface area (Å²) in [6.07, 6.45) is 4.89. The summed E-state index contributed by atoms with van der Waals surface area (Å²) in [7, 11) is 0. The molecule has 0 fully saturated rings. The lowest BCUT2D eigenvalue weighted by molar-refractivity contribution is -0.152. The molecule has 1 aromatic heterocycles. The van der Waals surface area contributed by atoms with Crippen LogP contribution in [0.15, 0.2) is 41.5 Å². The number of ether oxygens (including phenoxy) is 1. The molecule has 0 spiro atoms. The molecule has 0 N–H and O–H groups in total. The van der Waals surface area contributed by atoms with Crippen molar-refractivity contribution in [2.75, 3.05) is 0 Å². The van der Waals surface area contributed by atoms with E-state index < -0.39 is 11.9 Å². The molecule has 0 saturated heterocycles. The first-order valence-corrected chi connectivity index (χ1v) is 3.82. The molecule has 14 heavy (non-hydrogen) atoms. The Morgan fingerprint density at radius 1 is 1.43 bits per heavy atom. The topological polar surface area (TPSA) is 56.5 Å². The Balaban J connectivity index is 2.49. The summed E-state index contributed by atoms with van der Waals surface area (Å²) >= 11 is 0. The van der Waals surface area contributed by atoms with Gasteiger partial charge in [-0.3, -0.25) is 0 Å². The minimum atomic E-state index is -0.779. The second-order valence-electron chi connectivity index (χ2n) is 2.29. The Morgan fingerprint density at radius 2 is 2.21 bits per heavy atom. The van der Waals surface area contributed by atoms with E-state index in [1.165, 1.54) is 12.3 Å². The van der Waals surface area contributed by atoms with E-state index in [1.807, 2.05) is 0 Å². The number of hydrogen-bond acceptors (Lipinski definition) is 4. The molecule has 0 radical (unpaired) electrons. The first kappa shape index (κ1) is 9.98. The number of carbonyl (C=O) groups is 2. The fourth-order valence-electron chi connectivity index (χ4n) is 0.711. The number of rotatable bonds is 3. The highest BCUT2D eigenvalue weighted by molar-refractivity contribution is 5.97. The van der Waals surface area contributed by atoms with Crippen LogP contribution in [0.5, 0.6) is 0 Å². The molecule has 1 heterocycles. The van der Waals surface area contributed by atoms with Gasteiger partial charge in [-0.15, -0.1) is 0 Å². The van der Waals surface area contributed by atoms with Crippen LogP contribution in [0, 0.1) is 0 Å². The quantitative estimate of drug-likeness (QED) is 0.414. The minimum absolute atomic E-state index is 0.507. The summed E-state index contributed by atoms with van der Waals surface area (Å²) in [6, 6.07) is 3.35. The van der Waals surface area contributed by atoms with Gasteiger partial charge in [0, 0.05) is 12.2 Å². The van der Waals surface area contributed by atoms with Gasteiger partial charge in [-0.05, 0) is 18.2 Å². The van der Waals surface area contributed by atoms with Crippen LogP contribution in [0.3, 0.4) is 0 Å². The van der Waals surface area contributed by atoms with E-state index in [-0.39, 0.29) is 0 Å². The second-order valence-corrected chi connectivity index (χ2v) is 2.29. The maximum atomic E-state index is 10.9. The highest BCUT2D eigenvalue weighted by Gasteiger charge is 2.02. The lowest BCUT2D eigenvalue weighted by atomic mass is 10.4. The summed E-state index contributed by atoms with van der Waals surface area (Å²) in [5.41, 5.74) is 0. The van der Waals surface area contributed by atoms with Crippen molar-refractivity contribution >= 4 is 18.0 Å². The van der Waals surface area contributed by atoms with Gasteiger partial charge in [0.2, 0.25) is 0 Å². The normalized spacial score (nSPS) is 10.0. The molecule has 0 aliphatic carbocycles. The smallest absolute Gasteiger partial charge is 0.338 e. The Morgan fingerprint density at radius 3 is 2.79 bits per heavy atom. The monoisotopic (exact) mass is 192 g/mol. The zero-order chi connectivity index (χ0) is 10.4. The fourth-order valence-corrected chi connectivity index (χ4v) is 0.711. The van der Waals surface area contributed by atoms with Gasteiger partial charge in [0.25, 0.3) is 0 Å². The largest absolute Gasteiger partial charge is 0.465 e. The van der Waals surface area contributed by atoms with Gasteiger partial charge in [-0.2, -0.15) is 0 Å². The minimum Gasteiger partial charge on any atom is -0.465 e. The maximum absolute atomic E-state index is 10.9. The molecular weight excluding hydrogens is 184 g/mol. The Bertz CT molecular complexity index is 359. The number of hydrogen-bond donors (Lipinski definition) is 0. The Labute approximate surface area is 80.5 Å². The molecule has 4 heteroatoms. The van der Waals surface area contributed by atoms with Crippen LogP contribution >= 0.6 is 0 Å². The molecule has 72 valence electrons. The Kier molecular flexibility index (Phi) is 3.43. The third-order valence-electron chi connectivity index (χ3n) is 1.29. The van der Waals surface area contributed by atoms with Gasteiger partial charge in [0.1, 0.15) is 5.76 Å². The van der Waals surface area contributed by atoms with Crippen LogP contribution in [0.2, 0.25) is 0 Å². The summed E-state index contributed by atoms with van der Waals surface area (Å²) < 4.78 is 9.19. The summed E-state index contributed by atoms with van der Waals surface area (Å²) in [5, 5.41) is 0. The average Bonchev–Trinajstić information content (AvgIpc) is 2.67. The van der Waals surface area contributed by atoms with Crippen molar-refractivity contribution in [2.24, 2.45) is 0 Å². The number of furan rings is 1. The molecule has 1 aromatic rings. The highest BCUT2D eigenvalue weighted by Crippen LogP contribution is 2.02. The first-order chi connectivity index (χ1) is 6.72. The predicted molar refractivity (Wildman–Crippen MR) is 49.0 cm³/mol. The van der Waals surface area contributed by atoms with E-state index >= 15 is 0 Å². The van der Waals surface area contributed by atoms with E-state index in [0.717, 1.165) is 12.2 Å². The SMILES string of the molecule is C=CC(=O)OC(=O)C=Cc1ccco1. The van der Waals surface area contributed by atoms with Gasteiger partial charge >= 0.3 is 11.9 Å². The molecule has 0 aliphatic rings. The molecule has 0 aromatic carbocycles. The van der Waals surface area contributed by atoms with Crippen molar-refractivity contribution in [3.05, 3.63) is 42.9 Å². The lowest BCUT2D eigenvalue weighted by Crippen LogP contribution is -2.06. The molecule has 0 bridgehead atoms. The van der Waals surface area contributed by atoms with Crippen molar-refractivity contribution in [1.82, 2.24) is 0 Å². The maximum Gasteiger partial charge on any atom is 0.338 e. The molecule has 0 saturated carbocycles. The highest BCUT2D eigenvalue weighted by atomic mass is 16.6. The second kappa shape index (κ2) is 4.81. The van der Waals surface area contributed by atoms with Crippen LogP contribution in [0.4, 0.5) is 0 Å². The molecule has 0 atom stereocenters. The zero-order valence-electron chi connectivity index (χ0n) is 7.30. The van der Waals surface area contributed by atoms with E-state index in [4.69, 9.17) is 4.42 Å². The van der Waals surface area contributed by atoms with Crippen LogP contribution in [0.1, 0.15) is 5.76 Å². The third-order valence-corrected chi connectivity index (χ3v) is 1.29.